The predicted octanol–water partition coefficient (Wildman–Crippen LogP) is 4.69. The molecule has 0 bridgehead atoms. The van der Waals surface area contributed by atoms with Crippen LogP contribution in [0.2, 0.25) is 0 Å². The van der Waals surface area contributed by atoms with E-state index >= 15 is 0 Å². The predicted molar refractivity (Wildman–Crippen MR) is 130 cm³/mol. The first-order valence-corrected chi connectivity index (χ1v) is 11.7. The van der Waals surface area contributed by atoms with E-state index in [1.807, 2.05) is 54.6 Å². The minimum Gasteiger partial charge on any atom is -0.474 e. The van der Waals surface area contributed by atoms with E-state index < -0.39 is 23.8 Å². The van der Waals surface area contributed by atoms with Crippen molar-refractivity contribution < 1.29 is 23.9 Å². The molecule has 3 atom stereocenters. The van der Waals surface area contributed by atoms with Crippen molar-refractivity contribution in [2.45, 2.75) is 57.9 Å². The molecule has 0 aromatic heterocycles. The SMILES string of the molecule is CC1=CC(O/C=C2/C(=O)N(C(=O)OC(C)(C)C)C3Cc4ccccc4C23)N(c2ccccc2)C1=O. The molecule has 3 unspecified atom stereocenters. The third kappa shape index (κ3) is 4.01. The van der Waals surface area contributed by atoms with Crippen LogP contribution in [0, 0.1) is 0 Å². The van der Waals surface area contributed by atoms with Crippen LogP contribution >= 0.6 is 0 Å². The molecule has 3 amide bonds. The lowest BCUT2D eigenvalue weighted by atomic mass is 9.94. The summed E-state index contributed by atoms with van der Waals surface area (Å²) in [5.74, 6) is -0.907. The van der Waals surface area contributed by atoms with Crippen molar-refractivity contribution in [2.75, 3.05) is 4.90 Å². The summed E-state index contributed by atoms with van der Waals surface area (Å²) >= 11 is 0. The second kappa shape index (κ2) is 8.41. The molecule has 1 aliphatic carbocycles. The summed E-state index contributed by atoms with van der Waals surface area (Å²) in [5, 5.41) is 0. The second-order valence-electron chi connectivity index (χ2n) is 10.1. The summed E-state index contributed by atoms with van der Waals surface area (Å²) in [4.78, 5) is 42.2. The number of hydrogen-bond donors (Lipinski definition) is 0. The summed E-state index contributed by atoms with van der Waals surface area (Å²) in [6.07, 6.45) is 2.36. The number of para-hydroxylation sites is 1. The van der Waals surface area contributed by atoms with Crippen molar-refractivity contribution in [1.29, 1.82) is 0 Å². The van der Waals surface area contributed by atoms with E-state index in [-0.39, 0.29) is 17.9 Å². The fourth-order valence-corrected chi connectivity index (χ4v) is 5.03. The van der Waals surface area contributed by atoms with Crippen molar-refractivity contribution in [2.24, 2.45) is 0 Å². The van der Waals surface area contributed by atoms with Crippen molar-refractivity contribution in [3.05, 3.63) is 89.2 Å². The van der Waals surface area contributed by atoms with Gasteiger partial charge in [0.25, 0.3) is 11.8 Å². The molecule has 0 saturated carbocycles. The molecule has 2 aromatic rings. The average Bonchev–Trinajstić information content (AvgIpc) is 3.40. The molecule has 2 heterocycles. The third-order valence-corrected chi connectivity index (χ3v) is 6.50. The van der Waals surface area contributed by atoms with Gasteiger partial charge in [-0.1, -0.05) is 42.5 Å². The number of nitrogens with zero attached hydrogens (tertiary/aromatic N) is 2. The summed E-state index contributed by atoms with van der Waals surface area (Å²) in [6.45, 7) is 7.06. The monoisotopic (exact) mass is 472 g/mol. The van der Waals surface area contributed by atoms with Crippen LogP contribution in [0.4, 0.5) is 10.5 Å². The lowest BCUT2D eigenvalue weighted by molar-refractivity contribution is -0.125. The summed E-state index contributed by atoms with van der Waals surface area (Å²) in [6, 6.07) is 16.8. The number of carbonyl (C=O) groups is 3. The van der Waals surface area contributed by atoms with E-state index in [1.165, 1.54) is 11.2 Å². The van der Waals surface area contributed by atoms with Crippen LogP contribution < -0.4 is 4.90 Å². The molecule has 3 aliphatic rings. The molecule has 0 radical (unpaired) electrons. The molecule has 1 fully saturated rings. The van der Waals surface area contributed by atoms with Gasteiger partial charge in [-0.15, -0.1) is 0 Å². The number of amides is 3. The van der Waals surface area contributed by atoms with Crippen molar-refractivity contribution in [1.82, 2.24) is 4.90 Å². The molecule has 0 N–H and O–H groups in total. The quantitative estimate of drug-likeness (QED) is 0.478. The Kier molecular flexibility index (Phi) is 5.50. The standard InChI is InChI=1S/C28H28N2O5/c1-17-14-23(29(25(17)31)19-11-6-5-7-12-19)34-16-21-24-20-13-9-8-10-18(20)15-22(24)30(26(21)32)27(33)35-28(2,3)4/h5-14,16,22-24H,15H2,1-4H3/b21-16+. The number of rotatable bonds is 3. The number of hydrogen-bond acceptors (Lipinski definition) is 5. The molecule has 5 rings (SSSR count). The molecule has 0 spiro atoms. The molecular weight excluding hydrogens is 444 g/mol. The van der Waals surface area contributed by atoms with E-state index in [2.05, 4.69) is 0 Å². The van der Waals surface area contributed by atoms with Crippen LogP contribution in [0.5, 0.6) is 0 Å². The Morgan fingerprint density at radius 3 is 2.40 bits per heavy atom. The van der Waals surface area contributed by atoms with Crippen LogP contribution in [-0.2, 0) is 25.5 Å². The zero-order chi connectivity index (χ0) is 24.9. The van der Waals surface area contributed by atoms with Gasteiger partial charge < -0.3 is 9.47 Å². The van der Waals surface area contributed by atoms with Gasteiger partial charge in [0, 0.05) is 17.2 Å². The van der Waals surface area contributed by atoms with Gasteiger partial charge in [-0.2, -0.15) is 0 Å². The molecule has 1 saturated heterocycles. The van der Waals surface area contributed by atoms with E-state index in [4.69, 9.17) is 9.47 Å². The van der Waals surface area contributed by atoms with Crippen LogP contribution in [0.3, 0.4) is 0 Å². The molecule has 2 aliphatic heterocycles. The average molecular weight is 473 g/mol. The number of benzene rings is 2. The highest BCUT2D eigenvalue weighted by Gasteiger charge is 2.53. The fraction of sp³-hybridized carbons (Fsp3) is 0.321. The number of ether oxygens (including phenoxy) is 2. The first-order chi connectivity index (χ1) is 16.7. The summed E-state index contributed by atoms with van der Waals surface area (Å²) in [5.41, 5.74) is 3.00. The maximum absolute atomic E-state index is 13.5. The molecule has 180 valence electrons. The zero-order valence-electron chi connectivity index (χ0n) is 20.2. The highest BCUT2D eigenvalue weighted by Crippen LogP contribution is 2.47. The minimum absolute atomic E-state index is 0.156. The fourth-order valence-electron chi connectivity index (χ4n) is 5.03. The normalized spacial score (nSPS) is 24.5. The van der Waals surface area contributed by atoms with Gasteiger partial charge >= 0.3 is 6.09 Å². The van der Waals surface area contributed by atoms with Gasteiger partial charge in [-0.3, -0.25) is 14.5 Å². The Morgan fingerprint density at radius 1 is 1.00 bits per heavy atom. The van der Waals surface area contributed by atoms with Gasteiger partial charge in [0.05, 0.1) is 17.9 Å². The Bertz CT molecular complexity index is 1260. The maximum atomic E-state index is 13.5. The molecule has 7 nitrogen and oxygen atoms in total. The zero-order valence-corrected chi connectivity index (χ0v) is 20.2. The van der Waals surface area contributed by atoms with Crippen LogP contribution in [0.1, 0.15) is 44.7 Å². The number of anilines is 1. The highest BCUT2D eigenvalue weighted by atomic mass is 16.6. The summed E-state index contributed by atoms with van der Waals surface area (Å²) in [7, 11) is 0. The van der Waals surface area contributed by atoms with Gasteiger partial charge in [0.1, 0.15) is 5.60 Å². The number of carbonyl (C=O) groups excluding carboxylic acids is 3. The second-order valence-corrected chi connectivity index (χ2v) is 10.1. The first-order valence-electron chi connectivity index (χ1n) is 11.7. The van der Waals surface area contributed by atoms with E-state index in [9.17, 15) is 14.4 Å². The van der Waals surface area contributed by atoms with Crippen molar-refractivity contribution >= 4 is 23.6 Å². The molecule has 35 heavy (non-hydrogen) atoms. The van der Waals surface area contributed by atoms with E-state index in [0.717, 1.165) is 11.1 Å². The Labute approximate surface area is 204 Å². The van der Waals surface area contributed by atoms with Crippen LogP contribution in [0.25, 0.3) is 0 Å². The largest absolute Gasteiger partial charge is 0.474 e. The van der Waals surface area contributed by atoms with Crippen molar-refractivity contribution in [3.63, 3.8) is 0 Å². The van der Waals surface area contributed by atoms with Crippen LogP contribution in [0.15, 0.2) is 78.1 Å². The minimum atomic E-state index is -0.732. The lowest BCUT2D eigenvalue weighted by Gasteiger charge is -2.26. The van der Waals surface area contributed by atoms with Crippen LogP contribution in [-0.4, -0.2) is 40.7 Å². The number of fused-ring (bicyclic) bond motifs is 3. The smallest absolute Gasteiger partial charge is 0.417 e. The van der Waals surface area contributed by atoms with Gasteiger partial charge in [0.15, 0.2) is 6.23 Å². The molecular formula is C28H28N2O5. The third-order valence-electron chi connectivity index (χ3n) is 6.50. The first kappa shape index (κ1) is 22.9. The Morgan fingerprint density at radius 2 is 1.69 bits per heavy atom. The van der Waals surface area contributed by atoms with Gasteiger partial charge in [-0.05, 0) is 63.5 Å². The Balaban J connectivity index is 1.49. The highest BCUT2D eigenvalue weighted by molar-refractivity contribution is 6.09. The van der Waals surface area contributed by atoms with Gasteiger partial charge in [0.2, 0.25) is 0 Å². The topological polar surface area (TPSA) is 76.2 Å². The lowest BCUT2D eigenvalue weighted by Crippen LogP contribution is -2.43. The summed E-state index contributed by atoms with van der Waals surface area (Å²) < 4.78 is 11.6. The molecule has 7 heteroatoms. The molecule has 2 aromatic carbocycles. The maximum Gasteiger partial charge on any atom is 0.417 e. The van der Waals surface area contributed by atoms with Crippen molar-refractivity contribution in [3.8, 4) is 0 Å². The van der Waals surface area contributed by atoms with E-state index in [0.29, 0.717) is 23.3 Å². The van der Waals surface area contributed by atoms with E-state index in [1.54, 1.807) is 38.7 Å². The number of imide groups is 1. The Hall–Kier alpha value is -3.87. The van der Waals surface area contributed by atoms with Gasteiger partial charge in [-0.25, -0.2) is 9.69 Å². The number of likely N-dealkylation sites (tertiary alicyclic amines) is 1.